The third kappa shape index (κ3) is 5.47. The van der Waals surface area contributed by atoms with Gasteiger partial charge in [0.05, 0.1) is 30.6 Å². The largest absolute Gasteiger partial charge is 0.466 e. The van der Waals surface area contributed by atoms with Crippen molar-refractivity contribution in [3.05, 3.63) is 35.9 Å². The lowest BCUT2D eigenvalue weighted by Gasteiger charge is -2.30. The van der Waals surface area contributed by atoms with E-state index in [0.29, 0.717) is 58.8 Å². The fourth-order valence-corrected chi connectivity index (χ4v) is 4.96. The van der Waals surface area contributed by atoms with Gasteiger partial charge in [0.25, 0.3) is 0 Å². The van der Waals surface area contributed by atoms with Crippen LogP contribution in [0.5, 0.6) is 0 Å². The number of carbonyl (C=O) groups is 2. The van der Waals surface area contributed by atoms with E-state index in [1.165, 1.54) is 10.4 Å². The maximum absolute atomic E-state index is 12.6. The third-order valence-corrected chi connectivity index (χ3v) is 7.25. The monoisotopic (exact) mass is 436 g/mol. The summed E-state index contributed by atoms with van der Waals surface area (Å²) in [7, 11) is -3.53. The lowest BCUT2D eigenvalue weighted by Crippen LogP contribution is -2.40. The number of carbonyl (C=O) groups excluding carboxylic acids is 2. The summed E-state index contributed by atoms with van der Waals surface area (Å²) < 4.78 is 37.0. The molecule has 2 aliphatic rings. The molecule has 3 rings (SSSR count). The maximum atomic E-state index is 12.6. The second-order valence-corrected chi connectivity index (χ2v) is 9.21. The Bertz CT molecular complexity index is 867. The molecule has 1 aromatic rings. The minimum absolute atomic E-state index is 0.123. The van der Waals surface area contributed by atoms with Gasteiger partial charge >= 0.3 is 5.97 Å². The number of esters is 1. The number of hydrogen-bond acceptors (Lipinski definition) is 6. The molecule has 0 aliphatic carbocycles. The second kappa shape index (κ2) is 10.2. The molecule has 2 aliphatic heterocycles. The van der Waals surface area contributed by atoms with Crippen LogP contribution in [0.1, 0.15) is 25.3 Å². The molecule has 0 radical (unpaired) electrons. The Morgan fingerprint density at radius 2 is 1.73 bits per heavy atom. The Morgan fingerprint density at radius 1 is 1.10 bits per heavy atom. The average Bonchev–Trinajstić information content (AvgIpc) is 2.78. The lowest BCUT2D eigenvalue weighted by atomic mass is 9.97. The fourth-order valence-electron chi connectivity index (χ4n) is 3.56. The number of nitrogens with zero attached hydrogens (tertiary/aromatic N) is 2. The predicted octanol–water partition coefficient (Wildman–Crippen LogP) is 1.52. The van der Waals surface area contributed by atoms with E-state index < -0.39 is 10.0 Å². The molecule has 2 saturated heterocycles. The first-order valence-electron chi connectivity index (χ1n) is 10.2. The van der Waals surface area contributed by atoms with Gasteiger partial charge in [0, 0.05) is 32.3 Å². The topological polar surface area (TPSA) is 93.2 Å². The molecule has 9 heteroatoms. The summed E-state index contributed by atoms with van der Waals surface area (Å²) in [4.78, 5) is 26.1. The zero-order valence-corrected chi connectivity index (χ0v) is 18.0. The smallest absolute Gasteiger partial charge is 0.309 e. The number of rotatable bonds is 6. The van der Waals surface area contributed by atoms with Crippen molar-refractivity contribution < 1.29 is 27.5 Å². The van der Waals surface area contributed by atoms with Crippen LogP contribution in [-0.4, -0.2) is 75.5 Å². The number of piperidine rings is 1. The summed E-state index contributed by atoms with van der Waals surface area (Å²) in [6, 6.07) is 6.48. The molecule has 0 spiro atoms. The van der Waals surface area contributed by atoms with Crippen molar-refractivity contribution >= 4 is 28.0 Å². The molecule has 2 fully saturated rings. The van der Waals surface area contributed by atoms with Crippen LogP contribution in [0.4, 0.5) is 0 Å². The van der Waals surface area contributed by atoms with Gasteiger partial charge in [-0.1, -0.05) is 12.1 Å². The normalized spacial score (nSPS) is 19.2. The van der Waals surface area contributed by atoms with Gasteiger partial charge in [-0.2, -0.15) is 4.31 Å². The molecule has 1 amide bonds. The van der Waals surface area contributed by atoms with Crippen LogP contribution in [-0.2, 0) is 29.1 Å². The number of benzene rings is 1. The number of likely N-dealkylation sites (tertiary alicyclic amines) is 1. The van der Waals surface area contributed by atoms with Crippen LogP contribution in [0.15, 0.2) is 35.2 Å². The first kappa shape index (κ1) is 22.5. The highest BCUT2D eigenvalue weighted by atomic mass is 32.2. The van der Waals surface area contributed by atoms with Crippen LogP contribution < -0.4 is 0 Å². The van der Waals surface area contributed by atoms with Crippen LogP contribution >= 0.6 is 0 Å². The first-order valence-corrected chi connectivity index (χ1v) is 11.7. The minimum atomic E-state index is -3.53. The SMILES string of the molecule is CCOC(=O)C1CCN(C(=O)/C=C/c2ccc(S(=O)(=O)N3CCOCC3)cc2)CC1. The maximum Gasteiger partial charge on any atom is 0.309 e. The number of ether oxygens (including phenoxy) is 2. The van der Waals surface area contributed by atoms with Gasteiger partial charge < -0.3 is 14.4 Å². The fraction of sp³-hybridized carbons (Fsp3) is 0.524. The van der Waals surface area contributed by atoms with E-state index in [2.05, 4.69) is 0 Å². The number of amides is 1. The highest BCUT2D eigenvalue weighted by molar-refractivity contribution is 7.89. The molecule has 0 aromatic heterocycles. The van der Waals surface area contributed by atoms with Gasteiger partial charge in [-0.25, -0.2) is 8.42 Å². The van der Waals surface area contributed by atoms with Gasteiger partial charge in [-0.3, -0.25) is 9.59 Å². The van der Waals surface area contributed by atoms with Crippen LogP contribution in [0, 0.1) is 5.92 Å². The number of morpholine rings is 1. The predicted molar refractivity (Wildman–Crippen MR) is 111 cm³/mol. The van der Waals surface area contributed by atoms with Gasteiger partial charge in [-0.15, -0.1) is 0 Å². The standard InChI is InChI=1S/C21H28N2O6S/c1-2-29-21(25)18-9-11-22(12-10-18)20(24)8-5-17-3-6-19(7-4-17)30(26,27)23-13-15-28-16-14-23/h3-8,18H,2,9-16H2,1H3/b8-5+. The molecule has 0 atom stereocenters. The highest BCUT2D eigenvalue weighted by Crippen LogP contribution is 2.20. The van der Waals surface area contributed by atoms with Crippen molar-refractivity contribution in [2.24, 2.45) is 5.92 Å². The van der Waals surface area contributed by atoms with E-state index in [1.54, 1.807) is 42.2 Å². The molecule has 8 nitrogen and oxygen atoms in total. The Morgan fingerprint density at radius 3 is 2.33 bits per heavy atom. The van der Waals surface area contributed by atoms with Crippen molar-refractivity contribution in [3.8, 4) is 0 Å². The Labute approximate surface area is 177 Å². The zero-order valence-electron chi connectivity index (χ0n) is 17.2. The van der Waals surface area contributed by atoms with Crippen LogP contribution in [0.2, 0.25) is 0 Å². The molecular formula is C21H28N2O6S. The zero-order chi connectivity index (χ0) is 21.6. The lowest BCUT2D eigenvalue weighted by molar-refractivity contribution is -0.150. The number of sulfonamides is 1. The second-order valence-electron chi connectivity index (χ2n) is 7.27. The van der Waals surface area contributed by atoms with Crippen molar-refractivity contribution in [3.63, 3.8) is 0 Å². The molecular weight excluding hydrogens is 408 g/mol. The van der Waals surface area contributed by atoms with Crippen molar-refractivity contribution in [1.82, 2.24) is 9.21 Å². The summed E-state index contributed by atoms with van der Waals surface area (Å²) in [5.41, 5.74) is 0.741. The minimum Gasteiger partial charge on any atom is -0.466 e. The summed E-state index contributed by atoms with van der Waals surface area (Å²) in [5, 5.41) is 0. The molecule has 0 N–H and O–H groups in total. The van der Waals surface area contributed by atoms with E-state index in [0.717, 1.165) is 5.56 Å². The van der Waals surface area contributed by atoms with Crippen LogP contribution in [0.25, 0.3) is 6.08 Å². The first-order chi connectivity index (χ1) is 14.4. The molecule has 1 aromatic carbocycles. The Kier molecular flexibility index (Phi) is 7.63. The van der Waals surface area contributed by atoms with E-state index in [4.69, 9.17) is 9.47 Å². The van der Waals surface area contributed by atoms with Gasteiger partial charge in [0.2, 0.25) is 15.9 Å². The summed E-state index contributed by atoms with van der Waals surface area (Å²) in [6.07, 6.45) is 4.36. The van der Waals surface area contributed by atoms with Crippen molar-refractivity contribution in [2.75, 3.05) is 46.0 Å². The summed E-state index contributed by atoms with van der Waals surface area (Å²) in [6.45, 7) is 4.70. The summed E-state index contributed by atoms with van der Waals surface area (Å²) >= 11 is 0. The van der Waals surface area contributed by atoms with Gasteiger partial charge in [-0.05, 0) is 43.5 Å². The van der Waals surface area contributed by atoms with E-state index in [-0.39, 0.29) is 22.7 Å². The van der Waals surface area contributed by atoms with Crippen molar-refractivity contribution in [1.29, 1.82) is 0 Å². The van der Waals surface area contributed by atoms with Crippen LogP contribution in [0.3, 0.4) is 0 Å². The highest BCUT2D eigenvalue weighted by Gasteiger charge is 2.28. The molecule has 2 heterocycles. The van der Waals surface area contributed by atoms with Gasteiger partial charge in [0.15, 0.2) is 0 Å². The molecule has 0 saturated carbocycles. The Balaban J connectivity index is 1.55. The molecule has 0 unspecified atom stereocenters. The third-order valence-electron chi connectivity index (χ3n) is 5.33. The molecule has 0 bridgehead atoms. The Hall–Kier alpha value is -2.23. The average molecular weight is 437 g/mol. The van der Waals surface area contributed by atoms with E-state index in [9.17, 15) is 18.0 Å². The number of hydrogen-bond donors (Lipinski definition) is 0. The quantitative estimate of drug-likeness (QED) is 0.496. The molecule has 30 heavy (non-hydrogen) atoms. The van der Waals surface area contributed by atoms with Gasteiger partial charge in [0.1, 0.15) is 0 Å². The molecule has 164 valence electrons. The van der Waals surface area contributed by atoms with Crippen molar-refractivity contribution in [2.45, 2.75) is 24.7 Å². The van der Waals surface area contributed by atoms with E-state index >= 15 is 0 Å². The van der Waals surface area contributed by atoms with E-state index in [1.807, 2.05) is 0 Å². The summed E-state index contributed by atoms with van der Waals surface area (Å²) in [5.74, 6) is -0.450.